The molecule has 1 heterocycles. The predicted molar refractivity (Wildman–Crippen MR) is 141 cm³/mol. The van der Waals surface area contributed by atoms with Gasteiger partial charge in [0.05, 0.1) is 28.7 Å². The molecule has 8 nitrogen and oxygen atoms in total. The number of carbonyl (C=O) groups excluding carboxylic acids is 1. The van der Waals surface area contributed by atoms with Gasteiger partial charge >= 0.3 is 12.1 Å². The summed E-state index contributed by atoms with van der Waals surface area (Å²) in [5.74, 6) is -0.893. The average Bonchev–Trinajstić information content (AvgIpc) is 2.90. The molecule has 39 heavy (non-hydrogen) atoms. The molecule has 3 rings (SSSR count). The molecular weight excluding hydrogens is 537 g/mol. The van der Waals surface area contributed by atoms with Crippen molar-refractivity contribution >= 4 is 29.2 Å². The van der Waals surface area contributed by atoms with Crippen molar-refractivity contribution in [3.63, 3.8) is 0 Å². The summed E-state index contributed by atoms with van der Waals surface area (Å²) in [7, 11) is 0. The van der Waals surface area contributed by atoms with Gasteiger partial charge in [0.1, 0.15) is 6.61 Å². The third kappa shape index (κ3) is 8.57. The fourth-order valence-corrected chi connectivity index (χ4v) is 3.84. The lowest BCUT2D eigenvalue weighted by molar-refractivity contribution is -0.138. The van der Waals surface area contributed by atoms with E-state index in [9.17, 15) is 22.8 Å². The van der Waals surface area contributed by atoms with Crippen LogP contribution in [0.2, 0.25) is 5.02 Å². The van der Waals surface area contributed by atoms with Crippen molar-refractivity contribution in [2.45, 2.75) is 38.9 Å². The van der Waals surface area contributed by atoms with Crippen molar-refractivity contribution in [2.24, 2.45) is 5.92 Å². The lowest BCUT2D eigenvalue weighted by Gasteiger charge is -2.25. The number of ether oxygens (including phenoxy) is 1. The van der Waals surface area contributed by atoms with Crippen molar-refractivity contribution in [3.05, 3.63) is 70.7 Å². The van der Waals surface area contributed by atoms with Gasteiger partial charge in [0, 0.05) is 29.4 Å². The number of carbonyl (C=O) groups is 2. The predicted octanol–water partition coefficient (Wildman–Crippen LogP) is 5.93. The first-order chi connectivity index (χ1) is 18.5. The quantitative estimate of drug-likeness (QED) is 0.250. The van der Waals surface area contributed by atoms with Crippen LogP contribution in [-0.4, -0.2) is 46.4 Å². The third-order valence-electron chi connectivity index (χ3n) is 6.08. The monoisotopic (exact) mass is 564 g/mol. The Morgan fingerprint density at radius 2 is 1.79 bits per heavy atom. The first kappa shape index (κ1) is 29.7. The molecule has 0 radical (unpaired) electrons. The van der Waals surface area contributed by atoms with Gasteiger partial charge in [-0.25, -0.2) is 0 Å². The molecule has 0 saturated heterocycles. The maximum absolute atomic E-state index is 12.9. The molecule has 0 aliphatic heterocycles. The minimum atomic E-state index is -4.49. The zero-order chi connectivity index (χ0) is 28.6. The first-order valence-corrected chi connectivity index (χ1v) is 12.6. The molecule has 1 amide bonds. The van der Waals surface area contributed by atoms with E-state index in [0.717, 1.165) is 24.2 Å². The van der Waals surface area contributed by atoms with Crippen LogP contribution in [0.1, 0.15) is 42.6 Å². The van der Waals surface area contributed by atoms with E-state index in [1.54, 1.807) is 36.4 Å². The van der Waals surface area contributed by atoms with E-state index in [2.05, 4.69) is 27.8 Å². The number of carboxylic acid groups (broad SMARTS) is 1. The highest BCUT2D eigenvalue weighted by molar-refractivity contribution is 6.33. The lowest BCUT2D eigenvalue weighted by Crippen LogP contribution is -2.33. The van der Waals surface area contributed by atoms with Crippen LogP contribution in [0.15, 0.2) is 54.6 Å². The van der Waals surface area contributed by atoms with Crippen molar-refractivity contribution in [1.29, 1.82) is 0 Å². The molecule has 2 unspecified atom stereocenters. The molecule has 1 aromatic heterocycles. The normalized spacial score (nSPS) is 12.9. The van der Waals surface area contributed by atoms with Crippen LogP contribution in [0, 0.1) is 5.92 Å². The number of amides is 1. The molecule has 0 saturated carbocycles. The van der Waals surface area contributed by atoms with E-state index in [-0.39, 0.29) is 48.3 Å². The van der Waals surface area contributed by atoms with Gasteiger partial charge in [-0.3, -0.25) is 9.59 Å². The second kappa shape index (κ2) is 13.3. The maximum atomic E-state index is 12.9. The number of aromatic nitrogens is 2. The van der Waals surface area contributed by atoms with E-state index in [1.807, 2.05) is 6.92 Å². The molecule has 2 aromatic carbocycles. The number of hydrogen-bond donors (Lipinski definition) is 3. The molecule has 0 aliphatic carbocycles. The highest BCUT2D eigenvalue weighted by atomic mass is 35.5. The number of benzene rings is 2. The van der Waals surface area contributed by atoms with E-state index in [0.29, 0.717) is 16.8 Å². The number of nitrogens with one attached hydrogen (secondary N) is 2. The van der Waals surface area contributed by atoms with Crippen LogP contribution < -0.4 is 15.4 Å². The van der Waals surface area contributed by atoms with Crippen molar-refractivity contribution in [1.82, 2.24) is 15.5 Å². The minimum absolute atomic E-state index is 0.0445. The van der Waals surface area contributed by atoms with Crippen molar-refractivity contribution in [3.8, 4) is 17.1 Å². The number of alkyl halides is 3. The number of aliphatic carboxylic acids is 1. The van der Waals surface area contributed by atoms with Gasteiger partial charge in [0.2, 0.25) is 5.88 Å². The number of hydrogen-bond acceptors (Lipinski definition) is 6. The molecule has 3 aromatic rings. The third-order valence-corrected chi connectivity index (χ3v) is 6.39. The summed E-state index contributed by atoms with van der Waals surface area (Å²) >= 11 is 6.05. The second-order valence-electron chi connectivity index (χ2n) is 8.87. The Bertz CT molecular complexity index is 1270. The summed E-state index contributed by atoms with van der Waals surface area (Å²) in [5, 5.41) is 22.6. The highest BCUT2D eigenvalue weighted by Gasteiger charge is 2.31. The van der Waals surface area contributed by atoms with Crippen molar-refractivity contribution < 1.29 is 32.6 Å². The first-order valence-electron chi connectivity index (χ1n) is 12.2. The molecule has 0 fully saturated rings. The number of carboxylic acids is 1. The molecular formula is C27H28ClF3N4O4. The van der Waals surface area contributed by atoms with E-state index in [1.165, 1.54) is 6.07 Å². The molecule has 0 bridgehead atoms. The maximum Gasteiger partial charge on any atom is 0.416 e. The Morgan fingerprint density at radius 3 is 2.36 bits per heavy atom. The average molecular weight is 565 g/mol. The Balaban J connectivity index is 1.61. The number of anilines is 1. The standard InChI is InChI=1S/C27H28ClF3N4O4/c1-3-16(2)23(33-19-7-4-17(5-8-19)26(38)32-13-12-25(36)37)15-39-24-11-10-22(34-35-24)20-9-6-18(14-21(20)28)27(29,30)31/h4-11,14,16,23,33H,3,12-13,15H2,1-2H3,(H,32,38)(H,36,37). The Morgan fingerprint density at radius 1 is 1.08 bits per heavy atom. The minimum Gasteiger partial charge on any atom is -0.481 e. The summed E-state index contributed by atoms with van der Waals surface area (Å²) in [6, 6.07) is 12.9. The summed E-state index contributed by atoms with van der Waals surface area (Å²) in [6.07, 6.45) is -3.79. The van der Waals surface area contributed by atoms with Crippen LogP contribution in [-0.2, 0) is 11.0 Å². The van der Waals surface area contributed by atoms with Gasteiger partial charge in [-0.15, -0.1) is 10.2 Å². The van der Waals surface area contributed by atoms with Crippen LogP contribution in [0.25, 0.3) is 11.3 Å². The summed E-state index contributed by atoms with van der Waals surface area (Å²) in [4.78, 5) is 22.8. The molecule has 12 heteroatoms. The van der Waals surface area contributed by atoms with Gasteiger partial charge in [0.25, 0.3) is 5.91 Å². The molecule has 2 atom stereocenters. The largest absolute Gasteiger partial charge is 0.481 e. The van der Waals surface area contributed by atoms with Crippen LogP contribution in [0.4, 0.5) is 18.9 Å². The Labute approximate surface area is 228 Å². The SMILES string of the molecule is CCC(C)C(COc1ccc(-c2ccc(C(F)(F)F)cc2Cl)nn1)Nc1ccc(C(=O)NCCC(=O)O)cc1. The Hall–Kier alpha value is -3.86. The smallest absolute Gasteiger partial charge is 0.416 e. The molecule has 0 aliphatic rings. The van der Waals surface area contributed by atoms with Gasteiger partial charge < -0.3 is 20.5 Å². The zero-order valence-electron chi connectivity index (χ0n) is 21.3. The summed E-state index contributed by atoms with van der Waals surface area (Å²) in [5.41, 5.74) is 0.961. The van der Waals surface area contributed by atoms with Crippen LogP contribution in [0.3, 0.4) is 0 Å². The zero-order valence-corrected chi connectivity index (χ0v) is 22.0. The van der Waals surface area contributed by atoms with E-state index in [4.69, 9.17) is 21.4 Å². The molecule has 0 spiro atoms. The van der Waals surface area contributed by atoms with Crippen LogP contribution in [0.5, 0.6) is 5.88 Å². The van der Waals surface area contributed by atoms with Crippen molar-refractivity contribution in [2.75, 3.05) is 18.5 Å². The van der Waals surface area contributed by atoms with Gasteiger partial charge in [-0.05, 0) is 48.4 Å². The molecule has 3 N–H and O–H groups in total. The highest BCUT2D eigenvalue weighted by Crippen LogP contribution is 2.35. The van der Waals surface area contributed by atoms with Gasteiger partial charge in [0.15, 0.2) is 0 Å². The second-order valence-corrected chi connectivity index (χ2v) is 9.28. The molecule has 208 valence electrons. The fraction of sp³-hybridized carbons (Fsp3) is 0.333. The van der Waals surface area contributed by atoms with Gasteiger partial charge in [-0.2, -0.15) is 13.2 Å². The summed E-state index contributed by atoms with van der Waals surface area (Å²) < 4.78 is 44.5. The number of nitrogens with zero attached hydrogens (tertiary/aromatic N) is 2. The van der Waals surface area contributed by atoms with E-state index < -0.39 is 17.7 Å². The Kier molecular flexibility index (Phi) is 10.1. The number of halogens is 4. The lowest BCUT2D eigenvalue weighted by atomic mass is 9.99. The number of rotatable bonds is 12. The van der Waals surface area contributed by atoms with Crippen LogP contribution >= 0.6 is 11.6 Å². The summed E-state index contributed by atoms with van der Waals surface area (Å²) in [6.45, 7) is 4.41. The topological polar surface area (TPSA) is 113 Å². The van der Waals surface area contributed by atoms with E-state index >= 15 is 0 Å². The fourth-order valence-electron chi connectivity index (χ4n) is 3.56. The van der Waals surface area contributed by atoms with Gasteiger partial charge in [-0.1, -0.05) is 37.9 Å².